The van der Waals surface area contributed by atoms with Crippen molar-refractivity contribution in [3.8, 4) is 17.2 Å². The van der Waals surface area contributed by atoms with Gasteiger partial charge in [-0.2, -0.15) is 0 Å². The molecule has 216 valence electrons. The van der Waals surface area contributed by atoms with E-state index in [1.165, 1.54) is 26.9 Å². The highest BCUT2D eigenvalue weighted by atomic mass is 16.5. The topological polar surface area (TPSA) is 107 Å². The van der Waals surface area contributed by atoms with E-state index in [0.29, 0.717) is 30.2 Å². The number of H-pyrrole nitrogens is 1. The molecule has 0 aliphatic rings. The van der Waals surface area contributed by atoms with Gasteiger partial charge in [-0.05, 0) is 55.3 Å². The number of carbonyl (C=O) groups is 2. The summed E-state index contributed by atoms with van der Waals surface area (Å²) in [4.78, 5) is 30.4. The van der Waals surface area contributed by atoms with Crippen molar-refractivity contribution in [2.75, 3.05) is 27.9 Å². The van der Waals surface area contributed by atoms with Crippen LogP contribution in [0.3, 0.4) is 0 Å². The fourth-order valence-electron chi connectivity index (χ4n) is 5.11. The van der Waals surface area contributed by atoms with Gasteiger partial charge in [0, 0.05) is 58.9 Å². The molecule has 0 aliphatic carbocycles. The predicted octanol–water partition coefficient (Wildman–Crippen LogP) is 5.12. The minimum Gasteiger partial charge on any atom is -0.493 e. The average Bonchev–Trinajstić information content (AvgIpc) is 3.55. The molecule has 5 rings (SSSR count). The molecule has 0 atom stereocenters. The highest BCUT2D eigenvalue weighted by Gasteiger charge is 2.20. The van der Waals surface area contributed by atoms with Crippen molar-refractivity contribution < 1.29 is 23.8 Å². The maximum absolute atomic E-state index is 13.6. The van der Waals surface area contributed by atoms with Gasteiger partial charge in [-0.15, -0.1) is 0 Å². The molecule has 5 aromatic rings. The van der Waals surface area contributed by atoms with Gasteiger partial charge in [0.2, 0.25) is 5.75 Å². The summed E-state index contributed by atoms with van der Waals surface area (Å²) in [6, 6.07) is 17.2. The van der Waals surface area contributed by atoms with Gasteiger partial charge >= 0.3 is 0 Å². The summed E-state index contributed by atoms with van der Waals surface area (Å²) in [6.45, 7) is 2.44. The van der Waals surface area contributed by atoms with Crippen LogP contribution >= 0.6 is 0 Å². The maximum atomic E-state index is 13.6. The van der Waals surface area contributed by atoms with Crippen LogP contribution < -0.4 is 24.8 Å². The van der Waals surface area contributed by atoms with E-state index in [1.807, 2.05) is 48.3 Å². The van der Waals surface area contributed by atoms with Crippen molar-refractivity contribution >= 4 is 39.7 Å². The Hall–Kier alpha value is -5.18. The molecular formula is C33H34N4O5. The zero-order valence-corrected chi connectivity index (χ0v) is 24.3. The van der Waals surface area contributed by atoms with Gasteiger partial charge in [0.1, 0.15) is 5.70 Å². The Morgan fingerprint density at radius 2 is 1.69 bits per heavy atom. The van der Waals surface area contributed by atoms with E-state index >= 15 is 0 Å². The van der Waals surface area contributed by atoms with Crippen molar-refractivity contribution in [3.63, 3.8) is 0 Å². The largest absolute Gasteiger partial charge is 0.493 e. The van der Waals surface area contributed by atoms with Crippen LogP contribution in [0.2, 0.25) is 0 Å². The Morgan fingerprint density at radius 1 is 0.952 bits per heavy atom. The molecule has 0 bridgehead atoms. The zero-order chi connectivity index (χ0) is 29.8. The number of ether oxygens (including phenoxy) is 3. The molecule has 0 spiro atoms. The number of carbonyl (C=O) groups excluding carboxylic acids is 2. The lowest BCUT2D eigenvalue weighted by atomic mass is 10.1. The maximum Gasteiger partial charge on any atom is 0.267 e. The zero-order valence-electron chi connectivity index (χ0n) is 24.3. The van der Waals surface area contributed by atoms with Crippen molar-refractivity contribution in [2.45, 2.75) is 13.3 Å². The first kappa shape index (κ1) is 28.4. The van der Waals surface area contributed by atoms with Gasteiger partial charge in [-0.25, -0.2) is 0 Å². The summed E-state index contributed by atoms with van der Waals surface area (Å²) in [5.41, 5.74) is 5.49. The molecule has 9 heteroatoms. The lowest BCUT2D eigenvalue weighted by molar-refractivity contribution is -0.117. The first-order valence-electron chi connectivity index (χ1n) is 13.5. The van der Waals surface area contributed by atoms with Crippen molar-refractivity contribution in [3.05, 3.63) is 94.9 Å². The van der Waals surface area contributed by atoms with Gasteiger partial charge in [-0.1, -0.05) is 29.8 Å². The first-order chi connectivity index (χ1) is 20.3. The predicted molar refractivity (Wildman–Crippen MR) is 164 cm³/mol. The molecule has 3 N–H and O–H groups in total. The van der Waals surface area contributed by atoms with E-state index in [1.54, 1.807) is 18.2 Å². The lowest BCUT2D eigenvalue weighted by Gasteiger charge is -2.15. The van der Waals surface area contributed by atoms with Crippen molar-refractivity contribution in [2.24, 2.45) is 7.05 Å². The molecule has 0 saturated heterocycles. The Kier molecular flexibility index (Phi) is 8.19. The number of rotatable bonds is 10. The molecule has 2 aromatic heterocycles. The Balaban J connectivity index is 1.43. The van der Waals surface area contributed by atoms with Gasteiger partial charge < -0.3 is 34.4 Å². The van der Waals surface area contributed by atoms with E-state index in [2.05, 4.69) is 40.7 Å². The van der Waals surface area contributed by atoms with Crippen LogP contribution in [0.25, 0.3) is 27.9 Å². The minimum atomic E-state index is -0.497. The smallest absolute Gasteiger partial charge is 0.267 e. The summed E-state index contributed by atoms with van der Waals surface area (Å²) >= 11 is 0. The third kappa shape index (κ3) is 5.67. The van der Waals surface area contributed by atoms with Gasteiger partial charge in [-0.3, -0.25) is 9.59 Å². The van der Waals surface area contributed by atoms with Gasteiger partial charge in [0.05, 0.1) is 21.3 Å². The monoisotopic (exact) mass is 566 g/mol. The van der Waals surface area contributed by atoms with Crippen LogP contribution in [-0.4, -0.2) is 49.2 Å². The van der Waals surface area contributed by atoms with Crippen LogP contribution in [0.5, 0.6) is 17.2 Å². The molecule has 3 aromatic carbocycles. The molecule has 0 saturated carbocycles. The van der Waals surface area contributed by atoms with E-state index in [9.17, 15) is 9.59 Å². The quantitative estimate of drug-likeness (QED) is 0.203. The highest BCUT2D eigenvalue weighted by molar-refractivity contribution is 6.07. The molecule has 0 unspecified atom stereocenters. The molecular weight excluding hydrogens is 532 g/mol. The van der Waals surface area contributed by atoms with E-state index in [4.69, 9.17) is 14.2 Å². The summed E-state index contributed by atoms with van der Waals surface area (Å²) < 4.78 is 18.2. The van der Waals surface area contributed by atoms with Gasteiger partial charge in [0.15, 0.2) is 11.5 Å². The standard InChI is InChI=1S/C33H34N4O5/c1-20-10-11-26-25(14-20)21(18-35-26)12-13-34-33(39)27(15-23-19-37(2)28-9-7-6-8-24(23)28)36-32(38)22-16-29(40-3)31(42-5)30(17-22)41-4/h6-11,14-19,35H,12-13H2,1-5H3,(H,34,39)(H,36,38)/b27-15-. The minimum absolute atomic E-state index is 0.111. The number of hydrogen-bond acceptors (Lipinski definition) is 5. The lowest BCUT2D eigenvalue weighted by Crippen LogP contribution is -2.35. The second-order valence-electron chi connectivity index (χ2n) is 10.0. The highest BCUT2D eigenvalue weighted by Crippen LogP contribution is 2.38. The number of methoxy groups -OCH3 is 3. The van der Waals surface area contributed by atoms with Gasteiger partial charge in [0.25, 0.3) is 11.8 Å². The molecule has 0 fully saturated rings. The number of fused-ring (bicyclic) bond motifs is 2. The molecule has 2 amide bonds. The van der Waals surface area contributed by atoms with E-state index in [-0.39, 0.29) is 11.3 Å². The fraction of sp³-hybridized carbons (Fsp3) is 0.212. The summed E-state index contributed by atoms with van der Waals surface area (Å²) in [5.74, 6) is 0.135. The number of benzene rings is 3. The Bertz CT molecular complexity index is 1790. The Labute approximate surface area is 244 Å². The fourth-order valence-corrected chi connectivity index (χ4v) is 5.11. The van der Waals surface area contributed by atoms with Crippen LogP contribution in [0.1, 0.15) is 27.0 Å². The number of aryl methyl sites for hydroxylation is 2. The third-order valence-corrected chi connectivity index (χ3v) is 7.25. The number of amides is 2. The number of aromatic amines is 1. The number of para-hydroxylation sites is 1. The Morgan fingerprint density at radius 3 is 2.40 bits per heavy atom. The third-order valence-electron chi connectivity index (χ3n) is 7.25. The summed E-state index contributed by atoms with van der Waals surface area (Å²) in [6.07, 6.45) is 6.22. The molecule has 0 aliphatic heterocycles. The normalized spacial score (nSPS) is 11.5. The first-order valence-corrected chi connectivity index (χ1v) is 13.5. The number of nitrogens with zero attached hydrogens (tertiary/aromatic N) is 1. The van der Waals surface area contributed by atoms with E-state index in [0.717, 1.165) is 32.9 Å². The second kappa shape index (κ2) is 12.1. The summed E-state index contributed by atoms with van der Waals surface area (Å²) in [7, 11) is 6.39. The van der Waals surface area contributed by atoms with Crippen molar-refractivity contribution in [1.82, 2.24) is 20.2 Å². The summed E-state index contributed by atoms with van der Waals surface area (Å²) in [5, 5.41) is 7.89. The molecule has 42 heavy (non-hydrogen) atoms. The van der Waals surface area contributed by atoms with Crippen molar-refractivity contribution in [1.29, 1.82) is 0 Å². The molecule has 2 heterocycles. The van der Waals surface area contributed by atoms with E-state index < -0.39 is 11.8 Å². The molecule has 0 radical (unpaired) electrons. The second-order valence-corrected chi connectivity index (χ2v) is 10.0. The average molecular weight is 567 g/mol. The van der Waals surface area contributed by atoms with Crippen LogP contribution in [0.4, 0.5) is 0 Å². The van der Waals surface area contributed by atoms with Crippen LogP contribution in [0.15, 0.2) is 72.7 Å². The van der Waals surface area contributed by atoms with Crippen LogP contribution in [0, 0.1) is 6.92 Å². The molecule has 9 nitrogen and oxygen atoms in total. The number of hydrogen-bond donors (Lipinski definition) is 3. The number of nitrogens with one attached hydrogen (secondary N) is 3. The van der Waals surface area contributed by atoms with Crippen LogP contribution in [-0.2, 0) is 18.3 Å². The SMILES string of the molecule is COc1cc(C(=O)N/C(=C\c2cn(C)c3ccccc23)C(=O)NCCc2c[nH]c3ccc(C)cc23)cc(OC)c1OC. The number of aromatic nitrogens is 2.